The number of carbonyl (C=O) groups excluding carboxylic acids is 1. The lowest BCUT2D eigenvalue weighted by atomic mass is 10.1. The summed E-state index contributed by atoms with van der Waals surface area (Å²) < 4.78 is 10.6. The number of nitrogens with one attached hydrogen (secondary N) is 1. The molecular weight excluding hydrogens is 244 g/mol. The van der Waals surface area contributed by atoms with Crippen molar-refractivity contribution < 1.29 is 14.3 Å². The molecule has 0 saturated carbocycles. The van der Waals surface area contributed by atoms with Gasteiger partial charge in [0.15, 0.2) is 6.61 Å². The van der Waals surface area contributed by atoms with Crippen molar-refractivity contribution in [1.29, 1.82) is 0 Å². The molecule has 0 bridgehead atoms. The number of rotatable bonds is 7. The smallest absolute Gasteiger partial charge is 0.258 e. The SMILES string of the molecule is C=CCNC(=O)COc1cc(OC)ccc1[C@H](C)N. The van der Waals surface area contributed by atoms with Gasteiger partial charge in [0.2, 0.25) is 0 Å². The summed E-state index contributed by atoms with van der Waals surface area (Å²) in [4.78, 5) is 11.5. The van der Waals surface area contributed by atoms with Crippen LogP contribution in [0, 0.1) is 0 Å². The minimum absolute atomic E-state index is 0.0687. The molecule has 0 spiro atoms. The van der Waals surface area contributed by atoms with E-state index >= 15 is 0 Å². The topological polar surface area (TPSA) is 73.6 Å². The number of ether oxygens (including phenoxy) is 2. The van der Waals surface area contributed by atoms with Gasteiger partial charge in [-0.3, -0.25) is 4.79 Å². The summed E-state index contributed by atoms with van der Waals surface area (Å²) >= 11 is 0. The Morgan fingerprint density at radius 2 is 2.32 bits per heavy atom. The first-order valence-corrected chi connectivity index (χ1v) is 6.02. The number of methoxy groups -OCH3 is 1. The van der Waals surface area contributed by atoms with Crippen molar-refractivity contribution in [3.05, 3.63) is 36.4 Å². The standard InChI is InChI=1S/C14H20N2O3/c1-4-7-16-14(17)9-19-13-8-11(18-3)5-6-12(13)10(2)15/h4-6,8,10H,1,7,9,15H2,2-3H3,(H,16,17)/t10-/m0/s1. The van der Waals surface area contributed by atoms with Crippen LogP contribution in [0.4, 0.5) is 0 Å². The molecule has 0 heterocycles. The van der Waals surface area contributed by atoms with Gasteiger partial charge in [-0.05, 0) is 13.0 Å². The fourth-order valence-electron chi connectivity index (χ4n) is 1.52. The average Bonchev–Trinajstić information content (AvgIpc) is 2.42. The van der Waals surface area contributed by atoms with E-state index in [0.717, 1.165) is 5.56 Å². The zero-order chi connectivity index (χ0) is 14.3. The molecule has 0 aliphatic heterocycles. The quantitative estimate of drug-likeness (QED) is 0.730. The molecule has 1 atom stereocenters. The summed E-state index contributed by atoms with van der Waals surface area (Å²) in [7, 11) is 1.57. The van der Waals surface area contributed by atoms with Crippen molar-refractivity contribution in [3.8, 4) is 11.5 Å². The number of hydrogen-bond acceptors (Lipinski definition) is 4. The van der Waals surface area contributed by atoms with Crippen molar-refractivity contribution in [1.82, 2.24) is 5.32 Å². The molecular formula is C14H20N2O3. The third-order valence-electron chi connectivity index (χ3n) is 2.51. The van der Waals surface area contributed by atoms with Gasteiger partial charge in [-0.2, -0.15) is 0 Å². The van der Waals surface area contributed by atoms with E-state index < -0.39 is 0 Å². The molecule has 1 aromatic carbocycles. The molecule has 5 heteroatoms. The summed E-state index contributed by atoms with van der Waals surface area (Å²) in [5.74, 6) is 1.01. The Morgan fingerprint density at radius 3 is 2.89 bits per heavy atom. The summed E-state index contributed by atoms with van der Waals surface area (Å²) in [6.07, 6.45) is 1.61. The van der Waals surface area contributed by atoms with Crippen molar-refractivity contribution in [3.63, 3.8) is 0 Å². The molecule has 1 rings (SSSR count). The van der Waals surface area contributed by atoms with Gasteiger partial charge < -0.3 is 20.5 Å². The second-order valence-electron chi connectivity index (χ2n) is 4.07. The monoisotopic (exact) mass is 264 g/mol. The first-order valence-electron chi connectivity index (χ1n) is 6.02. The maximum atomic E-state index is 11.5. The van der Waals surface area contributed by atoms with Gasteiger partial charge in [0.05, 0.1) is 7.11 Å². The third-order valence-corrected chi connectivity index (χ3v) is 2.51. The van der Waals surface area contributed by atoms with Crippen LogP contribution in [0.1, 0.15) is 18.5 Å². The second-order valence-corrected chi connectivity index (χ2v) is 4.07. The Morgan fingerprint density at radius 1 is 1.58 bits per heavy atom. The van der Waals surface area contributed by atoms with Crippen LogP contribution in [-0.2, 0) is 4.79 Å². The summed E-state index contributed by atoms with van der Waals surface area (Å²) in [6, 6.07) is 5.18. The highest BCUT2D eigenvalue weighted by molar-refractivity contribution is 5.77. The predicted octanol–water partition coefficient (Wildman–Crippen LogP) is 1.40. The molecule has 1 aromatic rings. The molecule has 0 aliphatic carbocycles. The van der Waals surface area contributed by atoms with E-state index in [-0.39, 0.29) is 18.6 Å². The van der Waals surface area contributed by atoms with Crippen LogP contribution in [-0.4, -0.2) is 26.2 Å². The van der Waals surface area contributed by atoms with Gasteiger partial charge in [-0.25, -0.2) is 0 Å². The Bertz CT molecular complexity index is 444. The van der Waals surface area contributed by atoms with E-state index in [1.807, 2.05) is 19.1 Å². The maximum Gasteiger partial charge on any atom is 0.258 e. The number of benzene rings is 1. The minimum Gasteiger partial charge on any atom is -0.497 e. The average molecular weight is 264 g/mol. The highest BCUT2D eigenvalue weighted by Gasteiger charge is 2.11. The van der Waals surface area contributed by atoms with E-state index in [1.54, 1.807) is 19.3 Å². The molecule has 5 nitrogen and oxygen atoms in total. The lowest BCUT2D eigenvalue weighted by Crippen LogP contribution is -2.29. The van der Waals surface area contributed by atoms with Crippen molar-refractivity contribution in [2.45, 2.75) is 13.0 Å². The van der Waals surface area contributed by atoms with Crippen molar-refractivity contribution in [2.75, 3.05) is 20.3 Å². The first-order chi connectivity index (χ1) is 9.08. The van der Waals surface area contributed by atoms with Crippen LogP contribution < -0.4 is 20.5 Å². The summed E-state index contributed by atoms with van der Waals surface area (Å²) in [5, 5.41) is 2.64. The van der Waals surface area contributed by atoms with E-state index in [0.29, 0.717) is 18.0 Å². The summed E-state index contributed by atoms with van der Waals surface area (Å²) in [5.41, 5.74) is 6.69. The number of hydrogen-bond donors (Lipinski definition) is 2. The first kappa shape index (κ1) is 15.0. The number of amides is 1. The van der Waals surface area contributed by atoms with Gasteiger partial charge in [0.25, 0.3) is 5.91 Å². The fourth-order valence-corrected chi connectivity index (χ4v) is 1.52. The minimum atomic E-state index is -0.210. The number of nitrogens with two attached hydrogens (primary N) is 1. The zero-order valence-electron chi connectivity index (χ0n) is 11.3. The van der Waals surface area contributed by atoms with Gasteiger partial charge in [-0.15, -0.1) is 6.58 Å². The highest BCUT2D eigenvalue weighted by Crippen LogP contribution is 2.28. The van der Waals surface area contributed by atoms with Crippen LogP contribution in [0.3, 0.4) is 0 Å². The Labute approximate surface area is 113 Å². The molecule has 0 radical (unpaired) electrons. The summed E-state index contributed by atoms with van der Waals surface area (Å²) in [6.45, 7) is 5.72. The Balaban J connectivity index is 2.74. The van der Waals surface area contributed by atoms with Crippen LogP contribution >= 0.6 is 0 Å². The third kappa shape index (κ3) is 4.63. The molecule has 1 amide bonds. The molecule has 104 valence electrons. The van der Waals surface area contributed by atoms with Crippen LogP contribution in [0.5, 0.6) is 11.5 Å². The lowest BCUT2D eigenvalue weighted by Gasteiger charge is -2.15. The fraction of sp³-hybridized carbons (Fsp3) is 0.357. The van der Waals surface area contributed by atoms with E-state index in [4.69, 9.17) is 15.2 Å². The van der Waals surface area contributed by atoms with E-state index in [1.165, 1.54) is 0 Å². The Hall–Kier alpha value is -2.01. The molecule has 3 N–H and O–H groups in total. The lowest BCUT2D eigenvalue weighted by molar-refractivity contribution is -0.122. The zero-order valence-corrected chi connectivity index (χ0v) is 11.3. The van der Waals surface area contributed by atoms with Crippen LogP contribution in [0.25, 0.3) is 0 Å². The normalized spacial score (nSPS) is 11.5. The molecule has 0 fully saturated rings. The van der Waals surface area contributed by atoms with Crippen molar-refractivity contribution in [2.24, 2.45) is 5.73 Å². The van der Waals surface area contributed by atoms with Crippen LogP contribution in [0.15, 0.2) is 30.9 Å². The van der Waals surface area contributed by atoms with Crippen LogP contribution in [0.2, 0.25) is 0 Å². The highest BCUT2D eigenvalue weighted by atomic mass is 16.5. The molecule has 0 unspecified atom stereocenters. The van der Waals surface area contributed by atoms with Gasteiger partial charge in [-0.1, -0.05) is 12.1 Å². The second kappa shape index (κ2) is 7.43. The van der Waals surface area contributed by atoms with E-state index in [2.05, 4.69) is 11.9 Å². The van der Waals surface area contributed by atoms with Gasteiger partial charge in [0.1, 0.15) is 11.5 Å². The van der Waals surface area contributed by atoms with Gasteiger partial charge in [0, 0.05) is 24.2 Å². The Kier molecular flexibility index (Phi) is 5.89. The predicted molar refractivity (Wildman–Crippen MR) is 74.3 cm³/mol. The number of carbonyl (C=O) groups is 1. The molecule has 0 aliphatic rings. The maximum absolute atomic E-state index is 11.5. The van der Waals surface area contributed by atoms with E-state index in [9.17, 15) is 4.79 Å². The van der Waals surface area contributed by atoms with Crippen molar-refractivity contribution >= 4 is 5.91 Å². The van der Waals surface area contributed by atoms with Gasteiger partial charge >= 0.3 is 0 Å². The molecule has 0 aromatic heterocycles. The molecule has 0 saturated heterocycles. The largest absolute Gasteiger partial charge is 0.497 e. The molecule has 19 heavy (non-hydrogen) atoms.